The van der Waals surface area contributed by atoms with Crippen LogP contribution in [-0.4, -0.2) is 28.7 Å². The van der Waals surface area contributed by atoms with E-state index in [0.29, 0.717) is 18.1 Å². The van der Waals surface area contributed by atoms with Crippen LogP contribution in [0.25, 0.3) is 0 Å². The molecule has 4 N–H and O–H groups in total. The zero-order valence-corrected chi connectivity index (χ0v) is 12.8. The predicted octanol–water partition coefficient (Wildman–Crippen LogP) is 2.59. The number of nitrogens with two attached hydrogens (primary N) is 2. The second-order valence-corrected chi connectivity index (χ2v) is 8.29. The van der Waals surface area contributed by atoms with Gasteiger partial charge in [-0.1, -0.05) is 25.7 Å². The first kappa shape index (κ1) is 13.5. The molecule has 3 nitrogen and oxygen atoms in total. The molecule has 2 aliphatic carbocycles. The Hall–Kier alpha value is -0.120. The van der Waals surface area contributed by atoms with Gasteiger partial charge < -0.3 is 11.5 Å². The minimum Gasteiger partial charge on any atom is -0.328 e. The highest BCUT2D eigenvalue weighted by Gasteiger charge is 2.50. The quantitative estimate of drug-likeness (QED) is 0.774. The molecule has 0 aromatic carbocycles. The molecule has 4 bridgehead atoms. The molecule has 0 radical (unpaired) electrons. The van der Waals surface area contributed by atoms with E-state index < -0.39 is 0 Å². The number of hydrogen-bond donors (Lipinski definition) is 2. The molecule has 2 heterocycles. The Kier molecular flexibility index (Phi) is 3.36. The Balaban J connectivity index is 1.59. The Labute approximate surface area is 123 Å². The summed E-state index contributed by atoms with van der Waals surface area (Å²) in [4.78, 5) is 2.78. The van der Waals surface area contributed by atoms with Crippen LogP contribution in [0.5, 0.6) is 0 Å². The van der Waals surface area contributed by atoms with Gasteiger partial charge in [0, 0.05) is 18.1 Å². The molecule has 4 fully saturated rings. The Morgan fingerprint density at radius 3 is 1.95 bits per heavy atom. The monoisotopic (exact) mass is 277 g/mol. The summed E-state index contributed by atoms with van der Waals surface area (Å²) in [6.45, 7) is 0. The third-order valence-corrected chi connectivity index (χ3v) is 6.70. The van der Waals surface area contributed by atoms with E-state index in [9.17, 15) is 0 Å². The zero-order valence-electron chi connectivity index (χ0n) is 12.8. The van der Waals surface area contributed by atoms with Crippen LogP contribution in [0.15, 0.2) is 0 Å². The van der Waals surface area contributed by atoms with Crippen molar-refractivity contribution in [3.8, 4) is 0 Å². The van der Waals surface area contributed by atoms with E-state index in [1.54, 1.807) is 0 Å². The summed E-state index contributed by atoms with van der Waals surface area (Å²) < 4.78 is 0. The topological polar surface area (TPSA) is 55.3 Å². The van der Waals surface area contributed by atoms with Gasteiger partial charge in [-0.15, -0.1) is 0 Å². The summed E-state index contributed by atoms with van der Waals surface area (Å²) in [7, 11) is 0. The van der Waals surface area contributed by atoms with Crippen LogP contribution in [0.1, 0.15) is 70.6 Å². The molecule has 3 heteroatoms. The molecule has 2 saturated heterocycles. The fourth-order valence-electron chi connectivity index (χ4n) is 6.22. The lowest BCUT2D eigenvalue weighted by Gasteiger charge is -2.59. The summed E-state index contributed by atoms with van der Waals surface area (Å²) in [5.74, 6) is 1.81. The largest absolute Gasteiger partial charge is 0.328 e. The van der Waals surface area contributed by atoms with E-state index in [1.807, 2.05) is 0 Å². The summed E-state index contributed by atoms with van der Waals surface area (Å²) in [6, 6.07) is 1.79. The Morgan fingerprint density at radius 2 is 1.35 bits per heavy atom. The number of nitrogens with zero attached hydrogens (tertiary/aromatic N) is 1. The molecule has 2 saturated carbocycles. The fraction of sp³-hybridized carbons (Fsp3) is 1.00. The molecular weight excluding hydrogens is 246 g/mol. The van der Waals surface area contributed by atoms with Gasteiger partial charge in [-0.05, 0) is 56.8 Å². The SMILES string of the molecule is NC1CC2CCCC(C1)N2C1(N)CC2CCCC(C2)C1. The average Bonchev–Trinajstić information content (AvgIpc) is 2.36. The molecule has 4 rings (SSSR count). The molecule has 0 spiro atoms. The molecular formula is C17H31N3. The van der Waals surface area contributed by atoms with Crippen molar-refractivity contribution in [1.82, 2.24) is 4.90 Å². The van der Waals surface area contributed by atoms with Crippen LogP contribution < -0.4 is 11.5 Å². The first-order valence-electron chi connectivity index (χ1n) is 8.97. The van der Waals surface area contributed by atoms with Gasteiger partial charge in [-0.25, -0.2) is 0 Å². The molecule has 0 amide bonds. The van der Waals surface area contributed by atoms with Crippen molar-refractivity contribution in [2.75, 3.05) is 0 Å². The van der Waals surface area contributed by atoms with Crippen molar-refractivity contribution in [1.29, 1.82) is 0 Å². The highest BCUT2D eigenvalue weighted by molar-refractivity contribution is 5.04. The van der Waals surface area contributed by atoms with E-state index in [1.165, 1.54) is 70.6 Å². The maximum absolute atomic E-state index is 7.04. The lowest BCUT2D eigenvalue weighted by Crippen LogP contribution is -2.70. The third kappa shape index (κ3) is 2.22. The van der Waals surface area contributed by atoms with E-state index in [4.69, 9.17) is 11.5 Å². The highest BCUT2D eigenvalue weighted by Crippen LogP contribution is 2.48. The number of hydrogen-bond acceptors (Lipinski definition) is 3. The lowest BCUT2D eigenvalue weighted by atomic mass is 9.65. The molecule has 4 aliphatic rings. The van der Waals surface area contributed by atoms with Crippen molar-refractivity contribution < 1.29 is 0 Å². The van der Waals surface area contributed by atoms with Crippen LogP contribution in [0, 0.1) is 11.8 Å². The van der Waals surface area contributed by atoms with Gasteiger partial charge in [0.15, 0.2) is 0 Å². The van der Waals surface area contributed by atoms with Gasteiger partial charge in [0.1, 0.15) is 0 Å². The third-order valence-electron chi connectivity index (χ3n) is 6.70. The highest BCUT2D eigenvalue weighted by atomic mass is 15.3. The number of piperidine rings is 2. The maximum atomic E-state index is 7.04. The summed E-state index contributed by atoms with van der Waals surface area (Å²) >= 11 is 0. The van der Waals surface area contributed by atoms with Crippen LogP contribution >= 0.6 is 0 Å². The van der Waals surface area contributed by atoms with E-state index in [-0.39, 0.29) is 5.66 Å². The van der Waals surface area contributed by atoms with Gasteiger partial charge in [0.2, 0.25) is 0 Å². The first-order valence-corrected chi connectivity index (χ1v) is 8.97. The molecule has 4 atom stereocenters. The van der Waals surface area contributed by atoms with Crippen molar-refractivity contribution in [2.45, 2.75) is 94.4 Å². The lowest BCUT2D eigenvalue weighted by molar-refractivity contribution is -0.0983. The van der Waals surface area contributed by atoms with Crippen LogP contribution in [0.3, 0.4) is 0 Å². The second-order valence-electron chi connectivity index (χ2n) is 8.29. The second kappa shape index (κ2) is 4.96. The number of fused-ring (bicyclic) bond motifs is 4. The number of rotatable bonds is 1. The normalized spacial score (nSPS) is 52.8. The first-order chi connectivity index (χ1) is 9.64. The molecule has 114 valence electrons. The Bertz CT molecular complexity index is 343. The van der Waals surface area contributed by atoms with E-state index in [0.717, 1.165) is 11.8 Å². The van der Waals surface area contributed by atoms with Crippen LogP contribution in [-0.2, 0) is 0 Å². The van der Waals surface area contributed by atoms with E-state index >= 15 is 0 Å². The summed E-state index contributed by atoms with van der Waals surface area (Å²) in [5.41, 5.74) is 13.3. The van der Waals surface area contributed by atoms with Gasteiger partial charge in [0.25, 0.3) is 0 Å². The minimum atomic E-state index is 0.00387. The predicted molar refractivity (Wildman–Crippen MR) is 82.1 cm³/mol. The minimum absolute atomic E-state index is 0.00387. The molecule has 20 heavy (non-hydrogen) atoms. The fourth-order valence-corrected chi connectivity index (χ4v) is 6.22. The molecule has 0 aromatic heterocycles. The van der Waals surface area contributed by atoms with E-state index in [2.05, 4.69) is 4.90 Å². The zero-order chi connectivity index (χ0) is 13.7. The molecule has 0 aromatic rings. The summed E-state index contributed by atoms with van der Waals surface area (Å²) in [5, 5.41) is 0. The van der Waals surface area contributed by atoms with Gasteiger partial charge in [-0.2, -0.15) is 0 Å². The Morgan fingerprint density at radius 1 is 0.800 bits per heavy atom. The molecule has 2 aliphatic heterocycles. The van der Waals surface area contributed by atoms with Gasteiger partial charge >= 0.3 is 0 Å². The smallest absolute Gasteiger partial charge is 0.0697 e. The average molecular weight is 277 g/mol. The maximum Gasteiger partial charge on any atom is 0.0697 e. The van der Waals surface area contributed by atoms with Crippen molar-refractivity contribution in [2.24, 2.45) is 23.3 Å². The van der Waals surface area contributed by atoms with Crippen LogP contribution in [0.4, 0.5) is 0 Å². The van der Waals surface area contributed by atoms with Gasteiger partial charge in [-0.3, -0.25) is 4.90 Å². The van der Waals surface area contributed by atoms with Crippen LogP contribution in [0.2, 0.25) is 0 Å². The van der Waals surface area contributed by atoms with Crippen molar-refractivity contribution >= 4 is 0 Å². The van der Waals surface area contributed by atoms with Crippen molar-refractivity contribution in [3.63, 3.8) is 0 Å². The standard InChI is InChI=1S/C17H31N3/c18-14-8-15-5-2-6-16(9-14)20(15)17(19)10-12-3-1-4-13(7-12)11-17/h12-16H,1-11,18-19H2. The summed E-state index contributed by atoms with van der Waals surface area (Å²) in [6.07, 6.45) is 14.7. The van der Waals surface area contributed by atoms with Crippen molar-refractivity contribution in [3.05, 3.63) is 0 Å². The van der Waals surface area contributed by atoms with Gasteiger partial charge in [0.05, 0.1) is 5.66 Å². The molecule has 4 unspecified atom stereocenters.